The van der Waals surface area contributed by atoms with Gasteiger partial charge in [0.1, 0.15) is 4.90 Å². The zero-order chi connectivity index (χ0) is 15.3. The van der Waals surface area contributed by atoms with Gasteiger partial charge in [-0.05, 0) is 17.8 Å². The molecular formula is C13H24N4O2S. The minimum Gasteiger partial charge on any atom is -0.357 e. The van der Waals surface area contributed by atoms with Gasteiger partial charge in [0.15, 0.2) is 0 Å². The summed E-state index contributed by atoms with van der Waals surface area (Å²) in [5.41, 5.74) is 0. The van der Waals surface area contributed by atoms with E-state index in [1.165, 1.54) is 12.4 Å². The lowest BCUT2D eigenvalue weighted by Crippen LogP contribution is -2.34. The fourth-order valence-electron chi connectivity index (χ4n) is 2.11. The van der Waals surface area contributed by atoms with Crippen LogP contribution in [0.3, 0.4) is 0 Å². The first kappa shape index (κ1) is 16.8. The summed E-state index contributed by atoms with van der Waals surface area (Å²) in [5, 5.41) is 2.75. The summed E-state index contributed by atoms with van der Waals surface area (Å²) in [4.78, 5) is 7.92. The number of sulfonamides is 1. The van der Waals surface area contributed by atoms with E-state index >= 15 is 0 Å². The SMILES string of the molecule is CNc1ncc(S(=O)(=O)NCC(C(C)C)C(C)C)cn1. The van der Waals surface area contributed by atoms with Gasteiger partial charge < -0.3 is 5.32 Å². The molecule has 0 bridgehead atoms. The molecule has 2 N–H and O–H groups in total. The molecule has 0 aliphatic heterocycles. The minimum absolute atomic E-state index is 0.0859. The van der Waals surface area contributed by atoms with Gasteiger partial charge in [0.2, 0.25) is 16.0 Å². The highest BCUT2D eigenvalue weighted by atomic mass is 32.2. The summed E-state index contributed by atoms with van der Waals surface area (Å²) in [6.07, 6.45) is 2.61. The summed E-state index contributed by atoms with van der Waals surface area (Å²) in [6.45, 7) is 8.83. The molecular weight excluding hydrogens is 276 g/mol. The maximum absolute atomic E-state index is 12.2. The number of nitrogens with zero attached hydrogens (tertiary/aromatic N) is 2. The lowest BCUT2D eigenvalue weighted by molar-refractivity contribution is 0.289. The molecule has 0 saturated carbocycles. The Labute approximate surface area is 121 Å². The zero-order valence-corrected chi connectivity index (χ0v) is 13.5. The van der Waals surface area contributed by atoms with Crippen LogP contribution in [0, 0.1) is 17.8 Å². The van der Waals surface area contributed by atoms with E-state index in [0.29, 0.717) is 30.2 Å². The fourth-order valence-corrected chi connectivity index (χ4v) is 3.08. The average Bonchev–Trinajstić information content (AvgIpc) is 2.38. The highest BCUT2D eigenvalue weighted by molar-refractivity contribution is 7.89. The Morgan fingerprint density at radius 1 is 1.10 bits per heavy atom. The van der Waals surface area contributed by atoms with E-state index < -0.39 is 10.0 Å². The van der Waals surface area contributed by atoms with Crippen molar-refractivity contribution in [1.82, 2.24) is 14.7 Å². The molecule has 1 rings (SSSR count). The molecule has 1 aromatic rings. The van der Waals surface area contributed by atoms with E-state index in [2.05, 4.69) is 47.7 Å². The second-order valence-electron chi connectivity index (χ2n) is 5.50. The number of anilines is 1. The molecule has 7 heteroatoms. The number of hydrogen-bond acceptors (Lipinski definition) is 5. The van der Waals surface area contributed by atoms with Crippen molar-refractivity contribution in [1.29, 1.82) is 0 Å². The first-order valence-electron chi connectivity index (χ1n) is 6.77. The maximum Gasteiger partial charge on any atom is 0.243 e. The van der Waals surface area contributed by atoms with Crippen molar-refractivity contribution in [2.24, 2.45) is 17.8 Å². The van der Waals surface area contributed by atoms with E-state index in [1.54, 1.807) is 7.05 Å². The Hall–Kier alpha value is -1.21. The van der Waals surface area contributed by atoms with Crippen molar-refractivity contribution in [2.45, 2.75) is 32.6 Å². The van der Waals surface area contributed by atoms with Gasteiger partial charge in [-0.2, -0.15) is 0 Å². The molecule has 0 aliphatic rings. The monoisotopic (exact) mass is 300 g/mol. The lowest BCUT2D eigenvalue weighted by Gasteiger charge is -2.24. The molecule has 1 aromatic heterocycles. The van der Waals surface area contributed by atoms with E-state index in [4.69, 9.17) is 0 Å². The normalized spacial score (nSPS) is 12.4. The molecule has 0 atom stereocenters. The highest BCUT2D eigenvalue weighted by Gasteiger charge is 2.22. The smallest absolute Gasteiger partial charge is 0.243 e. The van der Waals surface area contributed by atoms with Crippen molar-refractivity contribution in [3.63, 3.8) is 0 Å². The topological polar surface area (TPSA) is 84.0 Å². The average molecular weight is 300 g/mol. The molecule has 0 aliphatic carbocycles. The summed E-state index contributed by atoms with van der Waals surface area (Å²) >= 11 is 0. The van der Waals surface area contributed by atoms with Gasteiger partial charge in [0.25, 0.3) is 0 Å². The summed E-state index contributed by atoms with van der Waals surface area (Å²) in [7, 11) is -1.87. The van der Waals surface area contributed by atoms with Crippen LogP contribution < -0.4 is 10.0 Å². The Bertz CT molecular complexity index is 504. The van der Waals surface area contributed by atoms with Crippen LogP contribution in [-0.2, 0) is 10.0 Å². The molecule has 1 heterocycles. The Balaban J connectivity index is 2.78. The van der Waals surface area contributed by atoms with Crippen LogP contribution in [0.4, 0.5) is 5.95 Å². The summed E-state index contributed by atoms with van der Waals surface area (Å²) in [6, 6.07) is 0. The number of rotatable bonds is 7. The minimum atomic E-state index is -3.55. The maximum atomic E-state index is 12.2. The second-order valence-corrected chi connectivity index (χ2v) is 7.26. The molecule has 0 saturated heterocycles. The van der Waals surface area contributed by atoms with Crippen LogP contribution in [0.1, 0.15) is 27.7 Å². The molecule has 6 nitrogen and oxygen atoms in total. The zero-order valence-electron chi connectivity index (χ0n) is 12.7. The molecule has 0 amide bonds. The largest absolute Gasteiger partial charge is 0.357 e. The van der Waals surface area contributed by atoms with Crippen LogP contribution in [0.15, 0.2) is 17.3 Å². The molecule has 0 radical (unpaired) electrons. The Kier molecular flexibility index (Phi) is 5.88. The van der Waals surface area contributed by atoms with Crippen molar-refractivity contribution in [2.75, 3.05) is 18.9 Å². The van der Waals surface area contributed by atoms with Crippen molar-refractivity contribution in [3.05, 3.63) is 12.4 Å². The predicted molar refractivity (Wildman–Crippen MR) is 79.9 cm³/mol. The Morgan fingerprint density at radius 2 is 1.60 bits per heavy atom. The van der Waals surface area contributed by atoms with Crippen LogP contribution in [-0.4, -0.2) is 32.0 Å². The molecule has 0 fully saturated rings. The van der Waals surface area contributed by atoms with E-state index in [1.807, 2.05) is 0 Å². The van der Waals surface area contributed by atoms with Gasteiger partial charge >= 0.3 is 0 Å². The third-order valence-corrected chi connectivity index (χ3v) is 4.76. The number of nitrogens with one attached hydrogen (secondary N) is 2. The van der Waals surface area contributed by atoms with E-state index in [0.717, 1.165) is 0 Å². The lowest BCUT2D eigenvalue weighted by atomic mass is 9.86. The van der Waals surface area contributed by atoms with Gasteiger partial charge in [-0.1, -0.05) is 27.7 Å². The first-order chi connectivity index (χ1) is 9.27. The van der Waals surface area contributed by atoms with Gasteiger partial charge in [0, 0.05) is 13.6 Å². The third-order valence-electron chi connectivity index (χ3n) is 3.38. The van der Waals surface area contributed by atoms with Crippen LogP contribution >= 0.6 is 0 Å². The third kappa shape index (κ3) is 4.42. The van der Waals surface area contributed by atoms with Gasteiger partial charge in [-0.3, -0.25) is 0 Å². The molecule has 0 spiro atoms. The van der Waals surface area contributed by atoms with Gasteiger partial charge in [0.05, 0.1) is 12.4 Å². The summed E-state index contributed by atoms with van der Waals surface area (Å²) < 4.78 is 27.0. The van der Waals surface area contributed by atoms with Crippen molar-refractivity contribution in [3.8, 4) is 0 Å². The molecule has 0 unspecified atom stereocenters. The molecule has 0 aromatic carbocycles. The fraction of sp³-hybridized carbons (Fsp3) is 0.692. The number of hydrogen-bond donors (Lipinski definition) is 2. The number of aromatic nitrogens is 2. The Morgan fingerprint density at radius 3 is 2.00 bits per heavy atom. The van der Waals surface area contributed by atoms with E-state index in [9.17, 15) is 8.42 Å². The molecule has 114 valence electrons. The first-order valence-corrected chi connectivity index (χ1v) is 8.25. The summed E-state index contributed by atoms with van der Waals surface area (Å²) in [5.74, 6) is 1.52. The van der Waals surface area contributed by atoms with Gasteiger partial charge in [-0.15, -0.1) is 0 Å². The second kappa shape index (κ2) is 6.99. The van der Waals surface area contributed by atoms with Crippen LogP contribution in [0.2, 0.25) is 0 Å². The van der Waals surface area contributed by atoms with Crippen molar-refractivity contribution < 1.29 is 8.42 Å². The van der Waals surface area contributed by atoms with Crippen LogP contribution in [0.25, 0.3) is 0 Å². The highest BCUT2D eigenvalue weighted by Crippen LogP contribution is 2.20. The standard InChI is InChI=1S/C13H24N4O2S/c1-9(2)12(10(3)4)8-17-20(18,19)11-6-15-13(14-5)16-7-11/h6-7,9-10,12,17H,8H2,1-5H3,(H,14,15,16). The van der Waals surface area contributed by atoms with E-state index in [-0.39, 0.29) is 4.90 Å². The predicted octanol–water partition coefficient (Wildman–Crippen LogP) is 1.72. The van der Waals surface area contributed by atoms with Gasteiger partial charge in [-0.25, -0.2) is 23.1 Å². The molecule has 20 heavy (non-hydrogen) atoms. The van der Waals surface area contributed by atoms with Crippen LogP contribution in [0.5, 0.6) is 0 Å². The van der Waals surface area contributed by atoms with Crippen molar-refractivity contribution >= 4 is 16.0 Å². The quantitative estimate of drug-likeness (QED) is 0.801.